The molecular weight excluding hydrogens is 280 g/mol. The Bertz CT molecular complexity index is 534. The van der Waals surface area contributed by atoms with Gasteiger partial charge in [-0.3, -0.25) is 4.79 Å². The summed E-state index contributed by atoms with van der Waals surface area (Å²) in [6.45, 7) is 1.42. The van der Waals surface area contributed by atoms with Crippen molar-refractivity contribution in [2.24, 2.45) is 0 Å². The van der Waals surface area contributed by atoms with E-state index in [9.17, 15) is 4.79 Å². The molecule has 2 N–H and O–H groups in total. The predicted molar refractivity (Wildman–Crippen MR) is 84.1 cm³/mol. The fraction of sp³-hybridized carbons (Fsp3) is 0.588. The van der Waals surface area contributed by atoms with Crippen LogP contribution in [0.5, 0.6) is 5.75 Å². The van der Waals surface area contributed by atoms with Gasteiger partial charge >= 0.3 is 0 Å². The van der Waals surface area contributed by atoms with E-state index >= 15 is 0 Å². The molecule has 1 atom stereocenters. The van der Waals surface area contributed by atoms with E-state index < -0.39 is 5.60 Å². The molecule has 1 aromatic carbocycles. The maximum absolute atomic E-state index is 12.5. The van der Waals surface area contributed by atoms with Gasteiger partial charge in [0.05, 0.1) is 7.11 Å². The maximum atomic E-state index is 12.5. The fourth-order valence-corrected chi connectivity index (χ4v) is 3.44. The van der Waals surface area contributed by atoms with E-state index in [1.54, 1.807) is 14.2 Å². The molecular formula is C17H24N2O3. The molecule has 0 bridgehead atoms. The molecule has 3 rings (SSSR count). The van der Waals surface area contributed by atoms with Crippen LogP contribution in [0.3, 0.4) is 0 Å². The molecule has 5 nitrogen and oxygen atoms in total. The first-order valence-corrected chi connectivity index (χ1v) is 7.88. The van der Waals surface area contributed by atoms with E-state index in [1.165, 1.54) is 5.56 Å². The van der Waals surface area contributed by atoms with E-state index in [1.807, 2.05) is 18.2 Å². The minimum absolute atomic E-state index is 0.0171. The minimum atomic E-state index is -0.685. The molecule has 5 heteroatoms. The van der Waals surface area contributed by atoms with Crippen molar-refractivity contribution in [2.75, 3.05) is 27.3 Å². The molecule has 0 spiro atoms. The fourth-order valence-electron chi connectivity index (χ4n) is 3.44. The van der Waals surface area contributed by atoms with Crippen molar-refractivity contribution >= 4 is 5.91 Å². The van der Waals surface area contributed by atoms with Crippen LogP contribution in [-0.4, -0.2) is 44.9 Å². The second-order valence-corrected chi connectivity index (χ2v) is 6.21. The zero-order valence-corrected chi connectivity index (χ0v) is 13.2. The van der Waals surface area contributed by atoms with Crippen LogP contribution in [0.4, 0.5) is 0 Å². The Labute approximate surface area is 131 Å². The quantitative estimate of drug-likeness (QED) is 0.864. The number of rotatable bonds is 5. The molecule has 1 aliphatic heterocycles. The summed E-state index contributed by atoms with van der Waals surface area (Å²) in [6.07, 6.45) is 2.65. The van der Waals surface area contributed by atoms with Crippen molar-refractivity contribution in [2.45, 2.75) is 36.8 Å². The molecule has 0 radical (unpaired) electrons. The first-order chi connectivity index (χ1) is 10.7. The molecule has 22 heavy (non-hydrogen) atoms. The van der Waals surface area contributed by atoms with Crippen LogP contribution in [0.2, 0.25) is 0 Å². The van der Waals surface area contributed by atoms with Crippen molar-refractivity contribution < 1.29 is 14.3 Å². The number of para-hydroxylation sites is 1. The zero-order chi connectivity index (χ0) is 15.6. The lowest BCUT2D eigenvalue weighted by molar-refractivity contribution is -0.142. The molecule has 1 unspecified atom stereocenters. The van der Waals surface area contributed by atoms with Gasteiger partial charge in [-0.25, -0.2) is 0 Å². The number of carbonyl (C=O) groups excluding carboxylic acids is 1. The lowest BCUT2D eigenvalue weighted by atomic mass is 9.75. The topological polar surface area (TPSA) is 59.6 Å². The highest BCUT2D eigenvalue weighted by Crippen LogP contribution is 2.41. The first kappa shape index (κ1) is 15.3. The third-order valence-corrected chi connectivity index (χ3v) is 4.97. The first-order valence-electron chi connectivity index (χ1n) is 7.88. The standard InChI is InChI=1S/C17H24N2O3/c1-21-15-6-4-3-5-14(15)12-9-13(10-12)19-16(20)17(22-2)7-8-18-11-17/h3-6,12-13,18H,7-11H2,1-2H3,(H,19,20). The van der Waals surface area contributed by atoms with Gasteiger partial charge < -0.3 is 20.1 Å². The summed E-state index contributed by atoms with van der Waals surface area (Å²) in [4.78, 5) is 12.5. The molecule has 1 amide bonds. The van der Waals surface area contributed by atoms with Gasteiger partial charge in [0, 0.05) is 19.7 Å². The van der Waals surface area contributed by atoms with Crippen molar-refractivity contribution in [3.8, 4) is 5.75 Å². The van der Waals surface area contributed by atoms with Gasteiger partial charge in [-0.1, -0.05) is 18.2 Å². The third-order valence-electron chi connectivity index (χ3n) is 4.97. The average Bonchev–Trinajstić information content (AvgIpc) is 3.00. The van der Waals surface area contributed by atoms with E-state index in [2.05, 4.69) is 16.7 Å². The van der Waals surface area contributed by atoms with Crippen LogP contribution in [0.1, 0.15) is 30.7 Å². The summed E-state index contributed by atoms with van der Waals surface area (Å²) in [6, 6.07) is 8.35. The molecule has 120 valence electrons. The molecule has 0 aromatic heterocycles. The number of hydrogen-bond donors (Lipinski definition) is 2. The predicted octanol–water partition coefficient (Wildman–Crippen LogP) is 1.44. The average molecular weight is 304 g/mol. The zero-order valence-electron chi connectivity index (χ0n) is 13.2. The summed E-state index contributed by atoms with van der Waals surface area (Å²) in [5.41, 5.74) is 0.551. The van der Waals surface area contributed by atoms with Gasteiger partial charge in [-0.15, -0.1) is 0 Å². The van der Waals surface area contributed by atoms with Crippen LogP contribution in [-0.2, 0) is 9.53 Å². The lowest BCUT2D eigenvalue weighted by Gasteiger charge is -2.38. The number of amides is 1. The van der Waals surface area contributed by atoms with E-state index in [0.717, 1.165) is 31.6 Å². The van der Waals surface area contributed by atoms with Gasteiger partial charge in [0.2, 0.25) is 0 Å². The number of methoxy groups -OCH3 is 2. The second-order valence-electron chi connectivity index (χ2n) is 6.21. The Balaban J connectivity index is 1.56. The molecule has 2 fully saturated rings. The summed E-state index contributed by atoms with van der Waals surface area (Å²) < 4.78 is 10.9. The Morgan fingerprint density at radius 3 is 2.73 bits per heavy atom. The number of ether oxygens (including phenoxy) is 2. The van der Waals surface area contributed by atoms with Crippen molar-refractivity contribution in [3.63, 3.8) is 0 Å². The van der Waals surface area contributed by atoms with Gasteiger partial charge in [-0.2, -0.15) is 0 Å². The van der Waals surface area contributed by atoms with Crippen molar-refractivity contribution in [1.29, 1.82) is 0 Å². The number of hydrogen-bond acceptors (Lipinski definition) is 4. The second kappa shape index (κ2) is 6.26. The van der Waals surface area contributed by atoms with Crippen LogP contribution in [0.15, 0.2) is 24.3 Å². The van der Waals surface area contributed by atoms with Crippen molar-refractivity contribution in [3.05, 3.63) is 29.8 Å². The Morgan fingerprint density at radius 2 is 2.09 bits per heavy atom. The summed E-state index contributed by atoms with van der Waals surface area (Å²) >= 11 is 0. The summed E-state index contributed by atoms with van der Waals surface area (Å²) in [7, 11) is 3.32. The van der Waals surface area contributed by atoms with Crippen LogP contribution in [0, 0.1) is 0 Å². The minimum Gasteiger partial charge on any atom is -0.496 e. The molecule has 1 saturated carbocycles. The Kier molecular flexibility index (Phi) is 4.36. The van der Waals surface area contributed by atoms with Crippen LogP contribution in [0.25, 0.3) is 0 Å². The van der Waals surface area contributed by atoms with Gasteiger partial charge in [0.1, 0.15) is 5.75 Å². The SMILES string of the molecule is COc1ccccc1C1CC(NC(=O)C2(OC)CCNC2)C1. The van der Waals surface area contributed by atoms with Gasteiger partial charge in [-0.05, 0) is 43.4 Å². The monoisotopic (exact) mass is 304 g/mol. The van der Waals surface area contributed by atoms with Crippen LogP contribution >= 0.6 is 0 Å². The molecule has 1 saturated heterocycles. The molecule has 1 aliphatic carbocycles. The largest absolute Gasteiger partial charge is 0.496 e. The maximum Gasteiger partial charge on any atom is 0.253 e. The van der Waals surface area contributed by atoms with E-state index in [4.69, 9.17) is 9.47 Å². The normalized spacial score (nSPS) is 30.6. The van der Waals surface area contributed by atoms with E-state index in [0.29, 0.717) is 12.5 Å². The Morgan fingerprint density at radius 1 is 1.32 bits per heavy atom. The van der Waals surface area contributed by atoms with Gasteiger partial charge in [0.15, 0.2) is 5.60 Å². The molecule has 2 aliphatic rings. The van der Waals surface area contributed by atoms with E-state index in [-0.39, 0.29) is 11.9 Å². The molecule has 1 aromatic rings. The Hall–Kier alpha value is -1.59. The van der Waals surface area contributed by atoms with Crippen LogP contribution < -0.4 is 15.4 Å². The highest BCUT2D eigenvalue weighted by Gasteiger charge is 2.43. The highest BCUT2D eigenvalue weighted by atomic mass is 16.5. The third kappa shape index (κ3) is 2.71. The van der Waals surface area contributed by atoms with Gasteiger partial charge in [0.25, 0.3) is 5.91 Å². The number of carbonyl (C=O) groups is 1. The number of benzene rings is 1. The summed E-state index contributed by atoms with van der Waals surface area (Å²) in [5, 5.41) is 6.34. The highest BCUT2D eigenvalue weighted by molar-refractivity contribution is 5.86. The number of nitrogens with one attached hydrogen (secondary N) is 2. The lowest BCUT2D eigenvalue weighted by Crippen LogP contribution is -2.55. The van der Waals surface area contributed by atoms with Crippen molar-refractivity contribution in [1.82, 2.24) is 10.6 Å². The summed E-state index contributed by atoms with van der Waals surface area (Å²) in [5.74, 6) is 1.41. The molecule has 1 heterocycles. The smallest absolute Gasteiger partial charge is 0.253 e.